The number of aliphatic hydroxyl groups is 2. The van der Waals surface area contributed by atoms with E-state index < -0.39 is 17.8 Å². The van der Waals surface area contributed by atoms with Gasteiger partial charge in [0.1, 0.15) is 40.4 Å². The van der Waals surface area contributed by atoms with E-state index in [1.807, 2.05) is 0 Å². The largest absolute Gasteiger partial charge is 0.489 e. The number of rotatable bonds is 7. The zero-order chi connectivity index (χ0) is 29.5. The molecule has 0 radical (unpaired) electrons. The molecule has 3 heterocycles. The molecule has 0 amide bonds. The normalized spacial score (nSPS) is 23.4. The first-order chi connectivity index (χ1) is 19.4. The minimum atomic E-state index is -1.10. The molecule has 0 unspecified atom stereocenters. The number of fused-ring (bicyclic) bond motifs is 3. The molecule has 5 rings (SSSR count). The van der Waals surface area contributed by atoms with Crippen molar-refractivity contribution in [3.63, 3.8) is 0 Å². The Morgan fingerprint density at radius 2 is 1.93 bits per heavy atom. The Hall–Kier alpha value is -2.08. The SMILES string of the molecule is CC(C)CCc1c2oc3c(c4c(c(OC5CCCC5)c3c1=O)C[C@@H](C(C)(C)O)O4)CSSC[C@H](N=C(N)N)C[C@H]2O. The van der Waals surface area contributed by atoms with Crippen LogP contribution in [-0.2, 0) is 18.6 Å². The minimum Gasteiger partial charge on any atom is -0.489 e. The van der Waals surface area contributed by atoms with Gasteiger partial charge in [0.05, 0.1) is 17.7 Å². The van der Waals surface area contributed by atoms with E-state index in [9.17, 15) is 15.0 Å². The Morgan fingerprint density at radius 3 is 2.59 bits per heavy atom. The lowest BCUT2D eigenvalue weighted by Crippen LogP contribution is -2.39. The molecule has 0 spiro atoms. The zero-order valence-corrected chi connectivity index (χ0v) is 26.0. The van der Waals surface area contributed by atoms with Gasteiger partial charge in [-0.1, -0.05) is 35.4 Å². The second-order valence-electron chi connectivity index (χ2n) is 12.5. The summed E-state index contributed by atoms with van der Waals surface area (Å²) in [6.07, 6.45) is 4.33. The summed E-state index contributed by atoms with van der Waals surface area (Å²) in [5, 5.41) is 22.9. The maximum Gasteiger partial charge on any atom is 0.200 e. The van der Waals surface area contributed by atoms with Gasteiger partial charge in [-0.2, -0.15) is 0 Å². The molecule has 1 aromatic heterocycles. The van der Waals surface area contributed by atoms with Gasteiger partial charge in [0, 0.05) is 41.0 Å². The predicted octanol–water partition coefficient (Wildman–Crippen LogP) is 4.74. The van der Waals surface area contributed by atoms with Gasteiger partial charge in [-0.05, 0) is 58.3 Å². The van der Waals surface area contributed by atoms with E-state index in [-0.39, 0.29) is 35.7 Å². The Labute approximate surface area is 249 Å². The van der Waals surface area contributed by atoms with Gasteiger partial charge in [-0.15, -0.1) is 0 Å². The van der Waals surface area contributed by atoms with Crippen LogP contribution in [0.2, 0.25) is 0 Å². The fourth-order valence-electron chi connectivity index (χ4n) is 5.97. The number of hydrogen-bond donors (Lipinski definition) is 4. The van der Waals surface area contributed by atoms with E-state index in [2.05, 4.69) is 18.8 Å². The number of guanidine groups is 1. The second-order valence-corrected chi connectivity index (χ2v) is 15.0. The highest BCUT2D eigenvalue weighted by molar-refractivity contribution is 8.76. The van der Waals surface area contributed by atoms with Crippen molar-refractivity contribution in [1.82, 2.24) is 0 Å². The van der Waals surface area contributed by atoms with E-state index >= 15 is 0 Å². The van der Waals surface area contributed by atoms with Crippen molar-refractivity contribution in [2.75, 3.05) is 5.75 Å². The molecule has 1 saturated carbocycles. The highest BCUT2D eigenvalue weighted by Crippen LogP contribution is 2.50. The third-order valence-electron chi connectivity index (χ3n) is 8.23. The molecule has 1 aliphatic carbocycles. The molecule has 2 bridgehead atoms. The van der Waals surface area contributed by atoms with Crippen LogP contribution >= 0.6 is 21.6 Å². The first-order valence-electron chi connectivity index (χ1n) is 14.7. The van der Waals surface area contributed by atoms with Crippen molar-refractivity contribution in [2.24, 2.45) is 22.4 Å². The van der Waals surface area contributed by atoms with Gasteiger partial charge in [-0.25, -0.2) is 4.99 Å². The van der Waals surface area contributed by atoms with Crippen molar-refractivity contribution in [3.05, 3.63) is 32.7 Å². The summed E-state index contributed by atoms with van der Waals surface area (Å²) in [5.41, 5.74) is 12.6. The molecule has 3 atom stereocenters. The summed E-state index contributed by atoms with van der Waals surface area (Å²) in [4.78, 5) is 18.9. The average molecular weight is 606 g/mol. The first kappa shape index (κ1) is 30.4. The number of benzene rings is 1. The fraction of sp³-hybridized carbons (Fsp3) is 0.667. The van der Waals surface area contributed by atoms with Gasteiger partial charge in [0.2, 0.25) is 0 Å². The van der Waals surface area contributed by atoms with Crippen LogP contribution in [0.4, 0.5) is 0 Å². The van der Waals surface area contributed by atoms with Crippen molar-refractivity contribution in [1.29, 1.82) is 0 Å². The lowest BCUT2D eigenvalue weighted by Gasteiger charge is -2.25. The molecule has 6 N–H and O–H groups in total. The molecule has 1 aromatic carbocycles. The van der Waals surface area contributed by atoms with E-state index in [0.717, 1.165) is 43.2 Å². The number of nitrogens with two attached hydrogens (primary N) is 2. The summed E-state index contributed by atoms with van der Waals surface area (Å²) in [7, 11) is 3.19. The standard InChI is InChI=1S/C30H43N3O6S2/c1-15(2)9-10-18-24(35)23-27(37-17-7-5-6-8-17)19-12-22(30(3,4)36)38-25(19)20-14-41-40-13-16(33-29(31)32)11-21(34)26(18)39-28(20)23/h15-17,21-22,34,36H,5-14H2,1-4H3,(H4,31,32,33)/t16-,21-,22+/m1/s1. The van der Waals surface area contributed by atoms with E-state index in [1.165, 1.54) is 0 Å². The molecule has 0 saturated heterocycles. The molecule has 9 nitrogen and oxygen atoms in total. The first-order valence-corrected chi connectivity index (χ1v) is 17.2. The topological polar surface area (TPSA) is 154 Å². The lowest BCUT2D eigenvalue weighted by atomic mass is 9.92. The summed E-state index contributed by atoms with van der Waals surface area (Å²) in [5.74, 6) is 2.77. The van der Waals surface area contributed by atoms with Crippen molar-refractivity contribution < 1.29 is 24.1 Å². The molecule has 11 heteroatoms. The van der Waals surface area contributed by atoms with Crippen LogP contribution in [0.5, 0.6) is 11.5 Å². The summed E-state index contributed by atoms with van der Waals surface area (Å²) < 4.78 is 19.8. The third-order valence-corrected chi connectivity index (χ3v) is 10.6. The quantitative estimate of drug-likeness (QED) is 0.198. The van der Waals surface area contributed by atoms with Gasteiger partial charge >= 0.3 is 0 Å². The Kier molecular flexibility index (Phi) is 9.09. The number of ether oxygens (including phenoxy) is 2. The molecule has 226 valence electrons. The number of nitrogens with zero attached hydrogens (tertiary/aromatic N) is 1. The van der Waals surface area contributed by atoms with Crippen molar-refractivity contribution >= 4 is 38.5 Å². The van der Waals surface area contributed by atoms with Crippen molar-refractivity contribution in [2.45, 2.75) is 115 Å². The van der Waals surface area contributed by atoms with Crippen LogP contribution in [0.1, 0.15) is 94.8 Å². The van der Waals surface area contributed by atoms with Crippen molar-refractivity contribution in [3.8, 4) is 11.5 Å². The molecule has 3 aliphatic rings. The zero-order valence-electron chi connectivity index (χ0n) is 24.4. The maximum atomic E-state index is 14.6. The van der Waals surface area contributed by atoms with Gasteiger partial charge in [0.15, 0.2) is 11.4 Å². The highest BCUT2D eigenvalue weighted by Gasteiger charge is 2.41. The van der Waals surface area contributed by atoms with Crippen LogP contribution in [0, 0.1) is 5.92 Å². The molecule has 1 fully saturated rings. The Morgan fingerprint density at radius 1 is 1.20 bits per heavy atom. The smallest absolute Gasteiger partial charge is 0.200 e. The fourth-order valence-corrected chi connectivity index (χ4v) is 8.26. The van der Waals surface area contributed by atoms with Gasteiger partial charge < -0.3 is 35.6 Å². The molecular formula is C30H43N3O6S2. The summed E-state index contributed by atoms with van der Waals surface area (Å²) >= 11 is 0. The van der Waals surface area contributed by atoms with Crippen LogP contribution < -0.4 is 26.4 Å². The van der Waals surface area contributed by atoms with E-state index in [4.69, 9.17) is 25.4 Å². The number of aliphatic hydroxyl groups excluding tert-OH is 1. The van der Waals surface area contributed by atoms with Crippen LogP contribution in [0.25, 0.3) is 11.0 Å². The molecule has 2 aliphatic heterocycles. The third kappa shape index (κ3) is 6.48. The molecule has 2 aromatic rings. The molecular weight excluding hydrogens is 562 g/mol. The highest BCUT2D eigenvalue weighted by atomic mass is 33.1. The van der Waals surface area contributed by atoms with E-state index in [0.29, 0.717) is 58.3 Å². The van der Waals surface area contributed by atoms with Crippen LogP contribution in [0.3, 0.4) is 0 Å². The van der Waals surface area contributed by atoms with Crippen LogP contribution in [0.15, 0.2) is 14.2 Å². The van der Waals surface area contributed by atoms with E-state index in [1.54, 1.807) is 35.4 Å². The average Bonchev–Trinajstić information content (AvgIpc) is 3.55. The number of hydrogen-bond acceptors (Lipinski definition) is 9. The minimum absolute atomic E-state index is 0.00507. The molecule has 41 heavy (non-hydrogen) atoms. The van der Waals surface area contributed by atoms with Gasteiger partial charge in [-0.3, -0.25) is 4.79 Å². The Bertz CT molecular complexity index is 1360. The Balaban J connectivity index is 1.77. The van der Waals surface area contributed by atoms with Gasteiger partial charge in [0.25, 0.3) is 0 Å². The predicted molar refractivity (Wildman–Crippen MR) is 166 cm³/mol. The summed E-state index contributed by atoms with van der Waals surface area (Å²) in [6.45, 7) is 7.69. The maximum absolute atomic E-state index is 14.6. The summed E-state index contributed by atoms with van der Waals surface area (Å²) in [6, 6.07) is -0.351. The monoisotopic (exact) mass is 605 g/mol. The lowest BCUT2D eigenvalue weighted by molar-refractivity contribution is -0.0231. The van der Waals surface area contributed by atoms with Crippen LogP contribution in [-0.4, -0.2) is 45.8 Å². The second kappa shape index (κ2) is 12.3. The number of aliphatic imine (C=N–C) groups is 1.